The maximum absolute atomic E-state index is 5.89. The van der Waals surface area contributed by atoms with Gasteiger partial charge in [0.1, 0.15) is 12.0 Å². The number of aromatic nitrogens is 6. The molecule has 9 heteroatoms. The maximum Gasteiger partial charge on any atom is 0.192 e. The number of halogens is 1. The van der Waals surface area contributed by atoms with E-state index in [4.69, 9.17) is 21.4 Å². The van der Waals surface area contributed by atoms with E-state index in [0.717, 1.165) is 39.1 Å². The zero-order valence-electron chi connectivity index (χ0n) is 17.6. The van der Waals surface area contributed by atoms with E-state index in [-0.39, 0.29) is 6.61 Å². The molecule has 0 amide bonds. The summed E-state index contributed by atoms with van der Waals surface area (Å²) >= 11 is 5.89. The van der Waals surface area contributed by atoms with Crippen LogP contribution in [0.1, 0.15) is 28.2 Å². The normalized spacial score (nSPS) is 11.7. The SMILES string of the molecule is Cc1c(C)n(Cc2ccncc2)c2ncn3nc(CON=Cc4ccc(Cl)cc4)nc3c12. The van der Waals surface area contributed by atoms with Gasteiger partial charge >= 0.3 is 0 Å². The molecule has 4 heterocycles. The summed E-state index contributed by atoms with van der Waals surface area (Å²) in [6, 6.07) is 11.4. The van der Waals surface area contributed by atoms with E-state index >= 15 is 0 Å². The number of hydrogen-bond acceptors (Lipinski definition) is 6. The number of aryl methyl sites for hydroxylation is 1. The summed E-state index contributed by atoms with van der Waals surface area (Å²) < 4.78 is 3.88. The summed E-state index contributed by atoms with van der Waals surface area (Å²) in [5.74, 6) is 0.534. The van der Waals surface area contributed by atoms with E-state index in [2.05, 4.69) is 38.6 Å². The molecule has 0 fully saturated rings. The molecule has 5 aromatic rings. The van der Waals surface area contributed by atoms with E-state index in [9.17, 15) is 0 Å². The Bertz CT molecular complexity index is 1420. The van der Waals surface area contributed by atoms with Crippen molar-refractivity contribution in [2.75, 3.05) is 0 Å². The van der Waals surface area contributed by atoms with Gasteiger partial charge in [-0.15, -0.1) is 5.10 Å². The van der Waals surface area contributed by atoms with Crippen LogP contribution < -0.4 is 0 Å². The van der Waals surface area contributed by atoms with Crippen LogP contribution in [0.15, 0.2) is 60.3 Å². The van der Waals surface area contributed by atoms with Gasteiger partial charge in [0.05, 0.1) is 11.6 Å². The first kappa shape index (κ1) is 20.1. The van der Waals surface area contributed by atoms with Crippen LogP contribution in [-0.4, -0.2) is 35.3 Å². The van der Waals surface area contributed by atoms with Crippen molar-refractivity contribution in [3.8, 4) is 0 Å². The molecule has 5 rings (SSSR count). The molecule has 8 nitrogen and oxygen atoms in total. The molecule has 0 unspecified atom stereocenters. The first-order valence-corrected chi connectivity index (χ1v) is 10.5. The van der Waals surface area contributed by atoms with Crippen molar-refractivity contribution in [3.05, 3.63) is 88.4 Å². The fourth-order valence-corrected chi connectivity index (χ4v) is 3.77. The predicted octanol–water partition coefficient (Wildman–Crippen LogP) is 4.34. The third-order valence-electron chi connectivity index (χ3n) is 5.42. The lowest BCUT2D eigenvalue weighted by Gasteiger charge is -2.07. The van der Waals surface area contributed by atoms with Crippen molar-refractivity contribution in [3.63, 3.8) is 0 Å². The van der Waals surface area contributed by atoms with E-state index in [0.29, 0.717) is 17.4 Å². The van der Waals surface area contributed by atoms with Gasteiger partial charge < -0.3 is 9.40 Å². The summed E-state index contributed by atoms with van der Waals surface area (Å²) in [5.41, 5.74) is 5.97. The van der Waals surface area contributed by atoms with Crippen molar-refractivity contribution in [1.82, 2.24) is 29.1 Å². The highest BCUT2D eigenvalue weighted by Crippen LogP contribution is 2.27. The van der Waals surface area contributed by atoms with Crippen LogP contribution in [0, 0.1) is 13.8 Å². The van der Waals surface area contributed by atoms with Gasteiger partial charge in [0.2, 0.25) is 0 Å². The zero-order valence-corrected chi connectivity index (χ0v) is 18.4. The fraction of sp³-hybridized carbons (Fsp3) is 0.174. The Hall–Kier alpha value is -3.78. The number of oxime groups is 1. The zero-order chi connectivity index (χ0) is 22.1. The van der Waals surface area contributed by atoms with Crippen LogP contribution in [0.2, 0.25) is 5.02 Å². The topological polar surface area (TPSA) is 82.5 Å². The van der Waals surface area contributed by atoms with Crippen LogP contribution in [-0.2, 0) is 18.0 Å². The van der Waals surface area contributed by atoms with Gasteiger partial charge in [-0.2, -0.15) is 0 Å². The molecule has 0 aliphatic carbocycles. The monoisotopic (exact) mass is 445 g/mol. The molecule has 0 saturated carbocycles. The van der Waals surface area contributed by atoms with Gasteiger partial charge in [0, 0.05) is 29.7 Å². The van der Waals surface area contributed by atoms with Crippen LogP contribution in [0.4, 0.5) is 0 Å². The number of benzene rings is 1. The van der Waals surface area contributed by atoms with Gasteiger partial charge in [0.25, 0.3) is 0 Å². The van der Waals surface area contributed by atoms with Gasteiger partial charge in [-0.05, 0) is 54.8 Å². The molecule has 0 radical (unpaired) electrons. The lowest BCUT2D eigenvalue weighted by molar-refractivity contribution is 0.126. The smallest absolute Gasteiger partial charge is 0.192 e. The van der Waals surface area contributed by atoms with Crippen LogP contribution >= 0.6 is 11.6 Å². The lowest BCUT2D eigenvalue weighted by atomic mass is 10.2. The van der Waals surface area contributed by atoms with Crippen molar-refractivity contribution in [2.24, 2.45) is 5.16 Å². The largest absolute Gasteiger partial charge is 0.387 e. The molecule has 0 atom stereocenters. The molecule has 1 aromatic carbocycles. The average Bonchev–Trinajstić information content (AvgIpc) is 3.33. The van der Waals surface area contributed by atoms with Crippen molar-refractivity contribution < 1.29 is 4.84 Å². The summed E-state index contributed by atoms with van der Waals surface area (Å²) in [4.78, 5) is 18.9. The van der Waals surface area contributed by atoms with E-state index < -0.39 is 0 Å². The fourth-order valence-electron chi connectivity index (χ4n) is 3.64. The minimum atomic E-state index is 0.156. The van der Waals surface area contributed by atoms with Gasteiger partial charge in [-0.25, -0.2) is 14.5 Å². The molecule has 0 spiro atoms. The molecule has 0 aliphatic heterocycles. The molecule has 4 aromatic heterocycles. The molecule has 0 saturated heterocycles. The first-order valence-electron chi connectivity index (χ1n) is 10.1. The Morgan fingerprint density at radius 2 is 1.84 bits per heavy atom. The highest BCUT2D eigenvalue weighted by Gasteiger charge is 2.18. The van der Waals surface area contributed by atoms with E-state index in [1.165, 1.54) is 0 Å². The quantitative estimate of drug-likeness (QED) is 0.287. The first-order chi connectivity index (χ1) is 15.6. The molecular weight excluding hydrogens is 426 g/mol. The lowest BCUT2D eigenvalue weighted by Crippen LogP contribution is -2.03. The minimum absolute atomic E-state index is 0.156. The molecular formula is C23H20ClN7O. The van der Waals surface area contributed by atoms with Gasteiger partial charge in [-0.1, -0.05) is 28.9 Å². The Morgan fingerprint density at radius 1 is 1.06 bits per heavy atom. The summed E-state index contributed by atoms with van der Waals surface area (Å²) in [6.45, 7) is 5.05. The van der Waals surface area contributed by atoms with Crippen LogP contribution in [0.5, 0.6) is 0 Å². The molecule has 160 valence electrons. The van der Waals surface area contributed by atoms with Crippen LogP contribution in [0.3, 0.4) is 0 Å². The second kappa shape index (κ2) is 8.39. The second-order valence-corrected chi connectivity index (χ2v) is 7.89. The van der Waals surface area contributed by atoms with Gasteiger partial charge in [-0.3, -0.25) is 4.98 Å². The Kier molecular flexibility index (Phi) is 5.28. The summed E-state index contributed by atoms with van der Waals surface area (Å²) in [6.07, 6.45) is 6.91. The van der Waals surface area contributed by atoms with Crippen LogP contribution in [0.25, 0.3) is 16.7 Å². The third kappa shape index (κ3) is 3.80. The minimum Gasteiger partial charge on any atom is -0.387 e. The summed E-state index contributed by atoms with van der Waals surface area (Å²) in [5, 5.41) is 10.2. The molecule has 0 bridgehead atoms. The Morgan fingerprint density at radius 3 is 2.62 bits per heavy atom. The summed E-state index contributed by atoms with van der Waals surface area (Å²) in [7, 11) is 0. The molecule has 32 heavy (non-hydrogen) atoms. The van der Waals surface area contributed by atoms with Crippen molar-refractivity contribution >= 4 is 34.5 Å². The molecule has 0 aliphatic rings. The standard InChI is InChI=1S/C23H20ClN7O/c1-15-16(2)30(12-18-7-9-25-10-8-18)22-21(15)23-28-20(29-31(23)14-26-22)13-32-27-11-17-3-5-19(24)6-4-17/h3-11,14H,12-13H2,1-2H3. The number of rotatable bonds is 6. The number of fused-ring (bicyclic) bond motifs is 3. The van der Waals surface area contributed by atoms with Crippen molar-refractivity contribution in [2.45, 2.75) is 27.0 Å². The maximum atomic E-state index is 5.89. The van der Waals surface area contributed by atoms with E-state index in [1.807, 2.05) is 24.3 Å². The van der Waals surface area contributed by atoms with E-state index in [1.54, 1.807) is 41.6 Å². The highest BCUT2D eigenvalue weighted by atomic mass is 35.5. The molecule has 0 N–H and O–H groups in total. The Balaban J connectivity index is 1.41. The average molecular weight is 446 g/mol. The number of nitrogens with zero attached hydrogens (tertiary/aromatic N) is 7. The van der Waals surface area contributed by atoms with Gasteiger partial charge in [0.15, 0.2) is 18.1 Å². The highest BCUT2D eigenvalue weighted by molar-refractivity contribution is 6.30. The van der Waals surface area contributed by atoms with Crippen molar-refractivity contribution in [1.29, 1.82) is 0 Å². The number of pyridine rings is 1. The second-order valence-electron chi connectivity index (χ2n) is 7.45. The number of hydrogen-bond donors (Lipinski definition) is 0. The predicted molar refractivity (Wildman–Crippen MR) is 123 cm³/mol. The Labute approximate surface area is 189 Å². The third-order valence-corrected chi connectivity index (χ3v) is 5.67.